The van der Waals surface area contributed by atoms with Crippen LogP contribution in [0.1, 0.15) is 6.42 Å². The zero-order valence-corrected chi connectivity index (χ0v) is 28.0. The van der Waals surface area contributed by atoms with Crippen molar-refractivity contribution in [2.24, 2.45) is 0 Å². The van der Waals surface area contributed by atoms with Crippen LogP contribution in [0.15, 0.2) is 109 Å². The number of benzene rings is 4. The van der Waals surface area contributed by atoms with Crippen LogP contribution in [0.25, 0.3) is 0 Å². The number of hydrogen-bond donors (Lipinski definition) is 0. The molecule has 0 amide bonds. The first-order valence-electron chi connectivity index (χ1n) is 14.4. The van der Waals surface area contributed by atoms with Crippen molar-refractivity contribution in [3.05, 3.63) is 109 Å². The van der Waals surface area contributed by atoms with Crippen molar-refractivity contribution in [2.75, 3.05) is 78.5 Å². The van der Waals surface area contributed by atoms with E-state index < -0.39 is 14.8 Å². The van der Waals surface area contributed by atoms with Gasteiger partial charge in [-0.1, -0.05) is 36.4 Å². The maximum Gasteiger partial charge on any atom is 0.148 e. The number of rotatable bonds is 12. The quantitative estimate of drug-likeness (QED) is 0.195. The van der Waals surface area contributed by atoms with E-state index >= 15 is 0 Å². The van der Waals surface area contributed by atoms with E-state index in [1.165, 1.54) is 32.6 Å². The smallest absolute Gasteiger partial charge is 0.148 e. The Morgan fingerprint density at radius 1 is 0.390 bits per heavy atom. The van der Waals surface area contributed by atoms with Gasteiger partial charge in [-0.2, -0.15) is 9.34 Å². The third-order valence-corrected chi connectivity index (χ3v) is 17.6. The van der Waals surface area contributed by atoms with Gasteiger partial charge >= 0.3 is 0 Å². The van der Waals surface area contributed by atoms with Gasteiger partial charge in [0.2, 0.25) is 0 Å². The Kier molecular flexibility index (Phi) is 10.3. The molecule has 0 aliphatic carbocycles. The first-order valence-corrected chi connectivity index (χ1v) is 18.3. The summed E-state index contributed by atoms with van der Waals surface area (Å²) in [4.78, 5) is 4.36. The highest BCUT2D eigenvalue weighted by Gasteiger charge is 2.50. The molecule has 0 aliphatic rings. The van der Waals surface area contributed by atoms with Gasteiger partial charge in [-0.15, -0.1) is 0 Å². The predicted octanol–water partition coefficient (Wildman–Crippen LogP) is 5.80. The largest absolute Gasteiger partial charge is 0.378 e. The van der Waals surface area contributed by atoms with Crippen LogP contribution in [0.2, 0.25) is 0 Å². The summed E-state index contributed by atoms with van der Waals surface area (Å²) in [5, 5.41) is 5.80. The standard InChI is InChI=1S/C35H48N4P2/c1-36(2)30-20-24-34(25-21-30)40(38(5)6,32-16-11-9-12-17-32)28-15-29-41(39(7)8,33-18-13-10-14-19-33)35-26-22-31(23-27-35)37(3)4/h9-14,16-27H,15,28-29H2,1-8H3/q+2. The molecule has 0 saturated heterocycles. The van der Waals surface area contributed by atoms with E-state index in [1.54, 1.807) is 0 Å². The molecule has 6 heteroatoms. The van der Waals surface area contributed by atoms with Crippen molar-refractivity contribution >= 4 is 47.4 Å². The summed E-state index contributed by atoms with van der Waals surface area (Å²) in [6.07, 6.45) is 3.39. The Hall–Kier alpha value is -2.74. The number of anilines is 2. The van der Waals surface area contributed by atoms with Gasteiger partial charge in [-0.25, -0.2) is 0 Å². The summed E-state index contributed by atoms with van der Waals surface area (Å²) in [5.41, 5.74) is 2.47. The predicted molar refractivity (Wildman–Crippen MR) is 189 cm³/mol. The molecule has 4 rings (SSSR count). The topological polar surface area (TPSA) is 13.0 Å². The third-order valence-electron chi connectivity index (χ3n) is 8.28. The van der Waals surface area contributed by atoms with Gasteiger partial charge in [0.15, 0.2) is 0 Å². The van der Waals surface area contributed by atoms with Crippen LogP contribution in [-0.2, 0) is 0 Å². The molecule has 0 heterocycles. The van der Waals surface area contributed by atoms with Gasteiger partial charge in [-0.3, -0.25) is 0 Å². The van der Waals surface area contributed by atoms with Gasteiger partial charge in [0.25, 0.3) is 0 Å². The van der Waals surface area contributed by atoms with E-state index in [0.717, 1.165) is 18.7 Å². The second kappa shape index (κ2) is 13.5. The van der Waals surface area contributed by atoms with Crippen molar-refractivity contribution < 1.29 is 0 Å². The molecule has 2 unspecified atom stereocenters. The fourth-order valence-corrected chi connectivity index (χ4v) is 14.4. The van der Waals surface area contributed by atoms with E-state index in [1.807, 2.05) is 0 Å². The fraction of sp³-hybridized carbons (Fsp3) is 0.314. The van der Waals surface area contributed by atoms with E-state index in [0.29, 0.717) is 0 Å². The van der Waals surface area contributed by atoms with Gasteiger partial charge in [-0.05, 0) is 72.8 Å². The Morgan fingerprint density at radius 3 is 0.951 bits per heavy atom. The Morgan fingerprint density at radius 2 is 0.683 bits per heavy atom. The molecule has 0 spiro atoms. The molecular weight excluding hydrogens is 538 g/mol. The number of nitrogens with zero attached hydrogens (tertiary/aromatic N) is 4. The zero-order chi connectivity index (χ0) is 29.6. The van der Waals surface area contributed by atoms with Crippen molar-refractivity contribution in [3.63, 3.8) is 0 Å². The van der Waals surface area contributed by atoms with Crippen molar-refractivity contribution in [3.8, 4) is 0 Å². The normalized spacial score (nSPS) is 14.5. The fourth-order valence-electron chi connectivity index (χ4n) is 6.01. The molecule has 0 aromatic heterocycles. The maximum atomic E-state index is 2.54. The van der Waals surface area contributed by atoms with Gasteiger partial charge in [0, 0.05) is 74.2 Å². The second-order valence-electron chi connectivity index (χ2n) is 11.5. The highest BCUT2D eigenvalue weighted by atomic mass is 31.2. The Labute approximate surface area is 250 Å². The van der Waals surface area contributed by atoms with Crippen LogP contribution < -0.4 is 31.0 Å². The third kappa shape index (κ3) is 6.37. The summed E-state index contributed by atoms with van der Waals surface area (Å²) >= 11 is 0. The summed E-state index contributed by atoms with van der Waals surface area (Å²) in [5.74, 6) is 0. The Bertz CT molecular complexity index is 1250. The average Bonchev–Trinajstić information content (AvgIpc) is 2.98. The molecule has 2 atom stereocenters. The van der Waals surface area contributed by atoms with Crippen LogP contribution in [-0.4, -0.2) is 78.0 Å². The molecule has 0 bridgehead atoms. The highest BCUT2D eigenvalue weighted by molar-refractivity contribution is 7.88. The lowest BCUT2D eigenvalue weighted by atomic mass is 10.3. The summed E-state index contributed by atoms with van der Waals surface area (Å²) in [7, 11) is 13.9. The summed E-state index contributed by atoms with van der Waals surface area (Å²) in [6, 6.07) is 41.1. The van der Waals surface area contributed by atoms with Gasteiger partial charge < -0.3 is 9.80 Å². The van der Waals surface area contributed by atoms with Crippen LogP contribution in [0.3, 0.4) is 0 Å². The first-order chi connectivity index (χ1) is 19.6. The SMILES string of the molecule is CN(C)c1ccc([P+](CCC[P+](c2ccccc2)(c2ccc(N(C)C)cc2)N(C)C)(c2ccccc2)N(C)C)cc1. The number of hydrogen-bond acceptors (Lipinski definition) is 4. The Balaban J connectivity index is 1.79. The van der Waals surface area contributed by atoms with E-state index in [4.69, 9.17) is 0 Å². The van der Waals surface area contributed by atoms with Crippen LogP contribution >= 0.6 is 14.8 Å². The molecule has 0 saturated carbocycles. The molecule has 0 fully saturated rings. The minimum atomic E-state index is -1.84. The summed E-state index contributed by atoms with van der Waals surface area (Å²) < 4.78 is 5.08. The molecule has 41 heavy (non-hydrogen) atoms. The lowest BCUT2D eigenvalue weighted by Crippen LogP contribution is -2.38. The van der Waals surface area contributed by atoms with E-state index in [-0.39, 0.29) is 0 Å². The van der Waals surface area contributed by atoms with Crippen LogP contribution in [0.4, 0.5) is 11.4 Å². The minimum absolute atomic E-state index is 1.13. The molecular formula is C35H48N4P2+2. The van der Waals surface area contributed by atoms with Gasteiger partial charge in [0.1, 0.15) is 36.0 Å². The zero-order valence-electron chi connectivity index (χ0n) is 26.2. The monoisotopic (exact) mass is 586 g/mol. The lowest BCUT2D eigenvalue weighted by Gasteiger charge is -2.35. The molecule has 0 radical (unpaired) electrons. The van der Waals surface area contributed by atoms with Crippen molar-refractivity contribution in [1.82, 2.24) is 9.34 Å². The average molecular weight is 587 g/mol. The molecule has 0 N–H and O–H groups in total. The highest BCUT2D eigenvalue weighted by Crippen LogP contribution is 2.62. The first kappa shape index (κ1) is 31.2. The van der Waals surface area contributed by atoms with Crippen LogP contribution in [0, 0.1) is 0 Å². The van der Waals surface area contributed by atoms with E-state index in [2.05, 4.69) is 185 Å². The van der Waals surface area contributed by atoms with E-state index in [9.17, 15) is 0 Å². The second-order valence-corrected chi connectivity index (χ2v) is 19.2. The molecule has 0 aliphatic heterocycles. The van der Waals surface area contributed by atoms with Gasteiger partial charge in [0.05, 0.1) is 12.3 Å². The maximum absolute atomic E-state index is 2.54. The molecule has 216 valence electrons. The summed E-state index contributed by atoms with van der Waals surface area (Å²) in [6.45, 7) is 0. The lowest BCUT2D eigenvalue weighted by molar-refractivity contribution is 0.663. The van der Waals surface area contributed by atoms with Crippen molar-refractivity contribution in [1.29, 1.82) is 0 Å². The molecule has 4 aromatic rings. The van der Waals surface area contributed by atoms with Crippen LogP contribution in [0.5, 0.6) is 0 Å². The molecule has 4 nitrogen and oxygen atoms in total. The minimum Gasteiger partial charge on any atom is -0.378 e. The van der Waals surface area contributed by atoms with Crippen molar-refractivity contribution in [2.45, 2.75) is 6.42 Å². The molecule has 4 aromatic carbocycles.